The van der Waals surface area contributed by atoms with Gasteiger partial charge in [0.05, 0.1) is 18.7 Å². The summed E-state index contributed by atoms with van der Waals surface area (Å²) in [5, 5.41) is 23.0. The first kappa shape index (κ1) is 74.8. The number of anilines is 2. The molecule has 6 amide bonds. The van der Waals surface area contributed by atoms with Crippen LogP contribution in [0.15, 0.2) is 109 Å². The molecule has 22 nitrogen and oxygen atoms in total. The summed E-state index contributed by atoms with van der Waals surface area (Å²) in [6.45, 7) is -3.85. The first-order valence-corrected chi connectivity index (χ1v) is 29.4. The van der Waals surface area contributed by atoms with Gasteiger partial charge in [-0.3, -0.25) is 24.2 Å². The van der Waals surface area contributed by atoms with E-state index in [2.05, 4.69) is 40.3 Å². The van der Waals surface area contributed by atoms with Crippen LogP contribution in [0.25, 0.3) is 21.5 Å². The van der Waals surface area contributed by atoms with Gasteiger partial charge in [0.25, 0.3) is 0 Å². The Morgan fingerprint density at radius 3 is 1.36 bits per heavy atom. The fourth-order valence-corrected chi connectivity index (χ4v) is 8.27. The summed E-state index contributed by atoms with van der Waals surface area (Å²) in [6, 6.07) is 23.7. The highest BCUT2D eigenvalue weighted by Gasteiger charge is 2.26. The van der Waals surface area contributed by atoms with E-state index in [1.54, 1.807) is 24.5 Å². The number of aliphatic hydroxyl groups excluding tert-OH is 1. The van der Waals surface area contributed by atoms with Crippen LogP contribution in [0, 0.1) is 23.3 Å². The van der Waals surface area contributed by atoms with Crippen molar-refractivity contribution in [1.29, 1.82) is 0 Å². The minimum absolute atomic E-state index is 0. The van der Waals surface area contributed by atoms with Crippen LogP contribution in [0.3, 0.4) is 0 Å². The number of phosphoric ester groups is 1. The van der Waals surface area contributed by atoms with Crippen molar-refractivity contribution in [3.05, 3.63) is 144 Å². The summed E-state index contributed by atoms with van der Waals surface area (Å²) in [5.74, 6) is -3.44. The van der Waals surface area contributed by atoms with Gasteiger partial charge in [-0.15, -0.1) is 0 Å². The normalized spacial score (nSPS) is 11.6. The third-order valence-corrected chi connectivity index (χ3v) is 15.3. The number of aromatic nitrogens is 2. The van der Waals surface area contributed by atoms with Crippen LogP contribution in [-0.4, -0.2) is 130 Å². The fourth-order valence-electron chi connectivity index (χ4n) is 7.40. The van der Waals surface area contributed by atoms with Crippen molar-refractivity contribution in [3.63, 3.8) is 0 Å². The van der Waals surface area contributed by atoms with Crippen LogP contribution in [0.2, 0.25) is 0 Å². The number of phosphoric acid groups is 1. The fraction of sp³-hybridized carbons (Fsp3) is 0.370. The molecule has 0 fully saturated rings. The van der Waals surface area contributed by atoms with Crippen LogP contribution < -0.4 is 21.3 Å². The number of urea groups is 2. The molecule has 31 heteroatoms. The Balaban J connectivity index is 0.000000514. The van der Waals surface area contributed by atoms with Gasteiger partial charge >= 0.3 is 39.0 Å². The predicted molar refractivity (Wildman–Crippen MR) is 324 cm³/mol. The first-order valence-electron chi connectivity index (χ1n) is 25.5. The Kier molecular flexibility index (Phi) is 34.1. The maximum Gasteiger partial charge on any atom is 0.474 e. The number of hydrogen-bond donors (Lipinski definition) is 5. The third-order valence-electron chi connectivity index (χ3n) is 12.2. The monoisotopic (exact) mass is 1290 g/mol. The number of rotatable bonds is 26. The number of pyridine rings is 2. The maximum atomic E-state index is 14.0. The standard InChI is InChI=1S/C27H33F2N4O7P.C25H28F2N4O4.C2H6ClO3P.2H2S/c1-33(26(34)31-17-21-11-8-13-23(28)25(21)29)22(12-6-7-14-40-41(36,37-2)38-3)18-39-27(35)32-24-15-19-9-4-5-10-20(19)16-30-24;1-31(24(33)29-15-19-9-6-11-21(26)23(19)27)20(10-4-5-12-32)16-35-25(34)30-22-13-17-7-2-3-8-18(17)14-28-22;1-5-7(3,4)6-2;;/h4-5,8-11,13,15-16,22H,6-7,12,14,17-18H2,1-3H3,(H,31,34)(H,30,32,35);2-3,6-9,11,13-14,20,32H,4-5,10,12,15-16H2,1H3,(H,29,33)(H,28,30,34);1-2H3;2*1H2/t22-;20-;;;/m00.../s1. The average molecular weight is 1290 g/mol. The van der Waals surface area contributed by atoms with Crippen LogP contribution >= 0.6 is 53.0 Å². The highest BCUT2D eigenvalue weighted by atomic mass is 35.7. The Bertz CT molecular complexity index is 3160. The van der Waals surface area contributed by atoms with Crippen molar-refractivity contribution in [1.82, 2.24) is 30.4 Å². The second-order valence-corrected chi connectivity index (χ2v) is 22.4. The SMILES string of the molecule is CN(C(=O)NCc1cccc(F)c1F)[C@@H](CCCCO)COC(=O)Nc1cc2ccccc2cn1.COP(=O)(Cl)OC.COP(=O)(OC)OCCCC[C@@H](COC(=O)Nc1cc2ccccc2cn1)N(C)C(=O)NCc1cccc(F)c1F.S.S. The van der Waals surface area contributed by atoms with E-state index in [-0.39, 0.29) is 77.6 Å². The number of hydrogen-bond acceptors (Lipinski definition) is 16. The largest absolute Gasteiger partial charge is 0.474 e. The van der Waals surface area contributed by atoms with Crippen molar-refractivity contribution in [2.24, 2.45) is 0 Å². The number of unbranched alkanes of at least 4 members (excludes halogenated alkanes) is 2. The lowest BCUT2D eigenvalue weighted by molar-refractivity contribution is 0.110. The molecular weight excluding hydrogens is 1220 g/mol. The molecule has 0 saturated heterocycles. The maximum absolute atomic E-state index is 14.0. The van der Waals surface area contributed by atoms with Gasteiger partial charge in [-0.05, 0) is 73.6 Å². The molecule has 0 spiro atoms. The van der Waals surface area contributed by atoms with Gasteiger partial charge in [0.1, 0.15) is 24.8 Å². The molecule has 2 atom stereocenters. The second kappa shape index (κ2) is 38.7. The van der Waals surface area contributed by atoms with Gasteiger partial charge in [-0.2, -0.15) is 27.0 Å². The van der Waals surface area contributed by atoms with Crippen LogP contribution in [0.5, 0.6) is 0 Å². The molecular formula is C54H71ClF4N8O14P2S2. The zero-order valence-electron chi connectivity index (χ0n) is 47.4. The number of fused-ring (bicyclic) bond motifs is 2. The topological polar surface area (TPSA) is 268 Å². The summed E-state index contributed by atoms with van der Waals surface area (Å²) in [6.07, 6.45) is 4.64. The lowest BCUT2D eigenvalue weighted by atomic mass is 10.1. The molecule has 85 heavy (non-hydrogen) atoms. The number of amides is 6. The molecule has 2 heterocycles. The molecule has 4 aromatic carbocycles. The van der Waals surface area contributed by atoms with Gasteiger partial charge in [-0.25, -0.2) is 55.8 Å². The van der Waals surface area contributed by atoms with Crippen molar-refractivity contribution in [3.8, 4) is 0 Å². The number of carbonyl (C=O) groups is 4. The molecule has 0 aliphatic rings. The average Bonchev–Trinajstić information content (AvgIpc) is 3.70. The number of halogens is 5. The number of nitrogens with one attached hydrogen (secondary N) is 4. The predicted octanol–water partition coefficient (Wildman–Crippen LogP) is 12.1. The van der Waals surface area contributed by atoms with Crippen molar-refractivity contribution in [2.45, 2.75) is 63.7 Å². The molecule has 5 N–H and O–H groups in total. The zero-order chi connectivity index (χ0) is 61.0. The molecule has 0 radical (unpaired) electrons. The Morgan fingerprint density at radius 2 is 0.988 bits per heavy atom. The van der Waals surface area contributed by atoms with E-state index in [0.29, 0.717) is 50.2 Å². The number of nitrogens with zero attached hydrogens (tertiary/aromatic N) is 4. The number of likely N-dealkylation sites (N-methyl/N-ethyl adjacent to an activating group) is 2. The highest BCUT2D eigenvalue weighted by molar-refractivity contribution is 7.81. The molecule has 0 aliphatic carbocycles. The Hall–Kier alpha value is -6.29. The Morgan fingerprint density at radius 1 is 0.588 bits per heavy atom. The molecule has 6 rings (SSSR count). The van der Waals surface area contributed by atoms with Crippen molar-refractivity contribution in [2.75, 3.05) is 79.6 Å². The van der Waals surface area contributed by atoms with E-state index in [1.807, 2.05) is 48.5 Å². The second-order valence-electron chi connectivity index (χ2n) is 17.7. The summed E-state index contributed by atoms with van der Waals surface area (Å²) in [7, 11) is 4.25. The van der Waals surface area contributed by atoms with Crippen molar-refractivity contribution >= 4 is 110 Å². The third kappa shape index (κ3) is 25.7. The van der Waals surface area contributed by atoms with Crippen LogP contribution in [0.1, 0.15) is 49.7 Å². The molecule has 468 valence electrons. The Labute approximate surface area is 508 Å². The lowest BCUT2D eigenvalue weighted by Gasteiger charge is -2.28. The van der Waals surface area contributed by atoms with Gasteiger partial charge in [-0.1, -0.05) is 72.8 Å². The summed E-state index contributed by atoms with van der Waals surface area (Å²) >= 11 is 5.02. The van der Waals surface area contributed by atoms with E-state index in [9.17, 15) is 45.9 Å². The van der Waals surface area contributed by atoms with E-state index >= 15 is 0 Å². The zero-order valence-corrected chi connectivity index (χ0v) is 51.9. The van der Waals surface area contributed by atoms with Gasteiger partial charge in [0.15, 0.2) is 23.3 Å². The minimum atomic E-state index is -3.62. The molecule has 0 aliphatic heterocycles. The van der Waals surface area contributed by atoms with Crippen LogP contribution in [-0.2, 0) is 54.3 Å². The first-order chi connectivity index (χ1) is 39.7. The smallest absolute Gasteiger partial charge is 0.447 e. The number of carbonyl (C=O) groups excluding carboxylic acids is 4. The van der Waals surface area contributed by atoms with Crippen molar-refractivity contribution < 1.29 is 83.1 Å². The quantitative estimate of drug-likeness (QED) is 0.0192. The summed E-state index contributed by atoms with van der Waals surface area (Å²) in [4.78, 5) is 61.4. The van der Waals surface area contributed by atoms with Gasteiger partial charge in [0.2, 0.25) is 0 Å². The van der Waals surface area contributed by atoms with Gasteiger partial charge in [0, 0.05) is 108 Å². The van der Waals surface area contributed by atoms with E-state index < -0.39 is 74.4 Å². The number of aliphatic hydroxyl groups is 1. The highest BCUT2D eigenvalue weighted by Crippen LogP contribution is 2.51. The van der Waals surface area contributed by atoms with E-state index in [4.69, 9.17) is 39.4 Å². The molecule has 0 unspecified atom stereocenters. The molecule has 0 bridgehead atoms. The molecule has 2 aromatic heterocycles. The van der Waals surface area contributed by atoms with Gasteiger partial charge < -0.3 is 44.1 Å². The molecule has 6 aromatic rings. The number of ether oxygens (including phenoxy) is 2. The minimum Gasteiger partial charge on any atom is -0.447 e. The molecule has 0 saturated carbocycles. The summed E-state index contributed by atoms with van der Waals surface area (Å²) in [5.41, 5.74) is 0.00164. The van der Waals surface area contributed by atoms with E-state index in [1.165, 1.54) is 76.6 Å². The number of benzene rings is 4. The van der Waals surface area contributed by atoms with E-state index in [0.717, 1.165) is 33.7 Å². The van der Waals surface area contributed by atoms with Crippen LogP contribution in [0.4, 0.5) is 48.4 Å². The lowest BCUT2D eigenvalue weighted by Crippen LogP contribution is -2.46. The summed E-state index contributed by atoms with van der Waals surface area (Å²) < 4.78 is 111.